The largest absolute Gasteiger partial charge is 0.439 e. The van der Waals surface area contributed by atoms with Crippen LogP contribution in [0.2, 0.25) is 0 Å². The summed E-state index contributed by atoms with van der Waals surface area (Å²) in [5.41, 5.74) is -0.0464. The molecule has 0 aliphatic rings. The van der Waals surface area contributed by atoms with Crippen molar-refractivity contribution in [2.75, 3.05) is 0 Å². The van der Waals surface area contributed by atoms with Crippen LogP contribution in [0.4, 0.5) is 0 Å². The second kappa shape index (κ2) is 3.75. The van der Waals surface area contributed by atoms with Crippen molar-refractivity contribution in [1.82, 2.24) is 0 Å². The van der Waals surface area contributed by atoms with Gasteiger partial charge in [0.2, 0.25) is 22.5 Å². The number of hydrogen-bond acceptors (Lipinski definition) is 1. The van der Waals surface area contributed by atoms with Crippen molar-refractivity contribution in [1.29, 1.82) is 0 Å². The van der Waals surface area contributed by atoms with Crippen LogP contribution in [0, 0.1) is 0 Å². The molecular weight excluding hydrogens is 176 g/mol. The van der Waals surface area contributed by atoms with E-state index in [0.29, 0.717) is 0 Å². The molecule has 0 N–H and O–H groups in total. The first-order valence-electron chi connectivity index (χ1n) is 2.82. The van der Waals surface area contributed by atoms with Crippen molar-refractivity contribution in [3.05, 3.63) is 0 Å². The Morgan fingerprint density at radius 1 is 1.44 bits per heavy atom. The van der Waals surface area contributed by atoms with Crippen LogP contribution in [0.5, 0.6) is 0 Å². The van der Waals surface area contributed by atoms with E-state index in [2.05, 4.69) is 11.7 Å². The van der Waals surface area contributed by atoms with Gasteiger partial charge in [-0.3, -0.25) is 0 Å². The normalized spacial score (nSPS) is 11.2. The second-order valence-electron chi connectivity index (χ2n) is 2.48. The molecule has 0 rings (SSSR count). The van der Waals surface area contributed by atoms with E-state index in [1.807, 2.05) is 13.8 Å². The summed E-state index contributed by atoms with van der Waals surface area (Å²) in [4.78, 5) is 0. The summed E-state index contributed by atoms with van der Waals surface area (Å²) in [7, 11) is 0. The Kier molecular flexibility index (Phi) is 4.04. The maximum Gasteiger partial charge on any atom is 0.439 e. The second-order valence-corrected chi connectivity index (χ2v) is 5.55. The van der Waals surface area contributed by atoms with E-state index in [1.54, 1.807) is 0 Å². The molecule has 0 radical (unpaired) electrons. The maximum atomic E-state index is 5.50. The molecule has 0 unspecified atom stereocenters. The van der Waals surface area contributed by atoms with Gasteiger partial charge in [-0.25, -0.2) is 0 Å². The highest BCUT2D eigenvalue weighted by Gasteiger charge is 2.20. The Balaban J connectivity index is 4.01. The predicted molar refractivity (Wildman–Crippen MR) is 45.4 cm³/mol. The summed E-state index contributed by atoms with van der Waals surface area (Å²) in [6, 6.07) is 0. The predicted octanol–water partition coefficient (Wildman–Crippen LogP) is 4.15. The highest BCUT2D eigenvalue weighted by atomic mass is 35.9. The Morgan fingerprint density at radius 2 is 1.89 bits per heavy atom. The van der Waals surface area contributed by atoms with Crippen molar-refractivity contribution in [3.63, 3.8) is 0 Å². The molecule has 0 aromatic heterocycles. The standard InChI is InChI=1S/C5H11Cl2NP/c1-4-5(2,3)8-9(6)7/h4H2,1-3H3/q+1. The first-order valence-corrected chi connectivity index (χ1v) is 5.93. The van der Waals surface area contributed by atoms with Crippen LogP contribution in [0.3, 0.4) is 0 Å². The van der Waals surface area contributed by atoms with Gasteiger partial charge in [0, 0.05) is 0 Å². The van der Waals surface area contributed by atoms with E-state index >= 15 is 0 Å². The van der Waals surface area contributed by atoms with E-state index in [-0.39, 0.29) is 5.54 Å². The molecule has 0 atom stereocenters. The topological polar surface area (TPSA) is 12.4 Å². The first-order chi connectivity index (χ1) is 3.98. The van der Waals surface area contributed by atoms with Gasteiger partial charge in [0.05, 0.1) is 0 Å². The molecule has 4 heteroatoms. The van der Waals surface area contributed by atoms with Gasteiger partial charge >= 0.3 is 6.42 Å². The lowest BCUT2D eigenvalue weighted by Crippen LogP contribution is -2.12. The summed E-state index contributed by atoms with van der Waals surface area (Å²) in [5.74, 6) is 0. The number of hydrogen-bond donors (Lipinski definition) is 0. The van der Waals surface area contributed by atoms with Gasteiger partial charge in [0.15, 0.2) is 0 Å². The fourth-order valence-corrected chi connectivity index (χ4v) is 2.05. The summed E-state index contributed by atoms with van der Waals surface area (Å²) in [6.07, 6.45) is -0.147. The van der Waals surface area contributed by atoms with Gasteiger partial charge < -0.3 is 0 Å². The fraction of sp³-hybridized carbons (Fsp3) is 1.00. The van der Waals surface area contributed by atoms with Gasteiger partial charge in [0.1, 0.15) is 5.54 Å². The average molecular weight is 187 g/mol. The molecule has 0 aliphatic heterocycles. The molecule has 0 amide bonds. The highest BCUT2D eigenvalue weighted by Crippen LogP contribution is 2.40. The van der Waals surface area contributed by atoms with E-state index in [4.69, 9.17) is 22.5 Å². The van der Waals surface area contributed by atoms with Gasteiger partial charge in [-0.05, 0) is 20.3 Å². The molecule has 0 aliphatic carbocycles. The fourth-order valence-electron chi connectivity index (χ4n) is 0.275. The Hall–Kier alpha value is 0.680. The summed E-state index contributed by atoms with van der Waals surface area (Å²) >= 11 is 11.0. The van der Waals surface area contributed by atoms with Crippen molar-refractivity contribution in [3.8, 4) is 0 Å². The van der Waals surface area contributed by atoms with Crippen LogP contribution < -0.4 is 0 Å². The van der Waals surface area contributed by atoms with E-state index in [1.165, 1.54) is 0 Å². The lowest BCUT2D eigenvalue weighted by molar-refractivity contribution is 0.512. The molecule has 0 saturated carbocycles. The van der Waals surface area contributed by atoms with Crippen molar-refractivity contribution < 1.29 is 0 Å². The molecule has 0 aromatic rings. The Bertz CT molecular complexity index is 118. The number of rotatable bonds is 2. The third kappa shape index (κ3) is 5.14. The molecule has 0 aromatic carbocycles. The zero-order valence-electron chi connectivity index (χ0n) is 5.86. The SMILES string of the molecule is CCC(C)(C)N=[P+](Cl)Cl. The molecule has 0 fully saturated rings. The summed E-state index contributed by atoms with van der Waals surface area (Å²) in [5, 5.41) is 0. The first kappa shape index (κ1) is 9.68. The number of halogens is 2. The van der Waals surface area contributed by atoms with Crippen molar-refractivity contribution in [2.24, 2.45) is 4.74 Å². The highest BCUT2D eigenvalue weighted by molar-refractivity contribution is 7.96. The minimum absolute atomic E-state index is 0.0464. The van der Waals surface area contributed by atoms with Crippen LogP contribution in [0.1, 0.15) is 27.2 Å². The van der Waals surface area contributed by atoms with Crippen LogP contribution in [0.15, 0.2) is 4.74 Å². The minimum atomic E-state index is -1.12. The summed E-state index contributed by atoms with van der Waals surface area (Å²) in [6.45, 7) is 6.11. The smallest absolute Gasteiger partial charge is 0.0688 e. The lowest BCUT2D eigenvalue weighted by Gasteiger charge is -2.09. The van der Waals surface area contributed by atoms with E-state index in [9.17, 15) is 0 Å². The van der Waals surface area contributed by atoms with E-state index < -0.39 is 6.42 Å². The van der Waals surface area contributed by atoms with Gasteiger partial charge in [-0.1, -0.05) is 11.7 Å². The molecule has 9 heavy (non-hydrogen) atoms. The zero-order chi connectivity index (χ0) is 7.49. The molecule has 0 bridgehead atoms. The molecule has 1 nitrogen and oxygen atoms in total. The third-order valence-electron chi connectivity index (χ3n) is 1.21. The van der Waals surface area contributed by atoms with Gasteiger partial charge in [-0.2, -0.15) is 0 Å². The molecule has 0 heterocycles. The van der Waals surface area contributed by atoms with Gasteiger partial charge in [0.25, 0.3) is 0 Å². The molecular formula is C5H11Cl2NP+. The number of nitrogens with zero attached hydrogens (tertiary/aromatic N) is 1. The lowest BCUT2D eigenvalue weighted by atomic mass is 10.1. The van der Waals surface area contributed by atoms with Crippen molar-refractivity contribution >= 4 is 28.9 Å². The molecule has 0 saturated heterocycles. The van der Waals surface area contributed by atoms with Crippen LogP contribution in [-0.4, -0.2) is 5.54 Å². The molecule has 0 spiro atoms. The van der Waals surface area contributed by atoms with Crippen LogP contribution in [-0.2, 0) is 0 Å². The van der Waals surface area contributed by atoms with Crippen molar-refractivity contribution in [2.45, 2.75) is 32.7 Å². The third-order valence-corrected chi connectivity index (χ3v) is 2.36. The average Bonchev–Trinajstić information content (AvgIpc) is 1.63. The monoisotopic (exact) mass is 186 g/mol. The van der Waals surface area contributed by atoms with E-state index in [0.717, 1.165) is 6.42 Å². The zero-order valence-corrected chi connectivity index (χ0v) is 8.26. The Labute approximate surface area is 66.8 Å². The van der Waals surface area contributed by atoms with Crippen LogP contribution in [0.25, 0.3) is 0 Å². The Morgan fingerprint density at radius 3 is 2.00 bits per heavy atom. The quantitative estimate of drug-likeness (QED) is 0.575. The van der Waals surface area contributed by atoms with Crippen LogP contribution >= 0.6 is 28.9 Å². The van der Waals surface area contributed by atoms with Gasteiger partial charge in [-0.15, -0.1) is 0 Å². The minimum Gasteiger partial charge on any atom is -0.0688 e. The summed E-state index contributed by atoms with van der Waals surface area (Å²) < 4.78 is 4.12. The molecule has 54 valence electrons. The maximum absolute atomic E-state index is 5.50.